The SMILES string of the molecule is Cc1csc(CCCNC(=O)[C@@H](C)NS(C)(=O)=O)n1. The molecule has 0 bridgehead atoms. The van der Waals surface area contributed by atoms with Gasteiger partial charge in [-0.05, 0) is 20.3 Å². The van der Waals surface area contributed by atoms with Gasteiger partial charge in [0.2, 0.25) is 15.9 Å². The van der Waals surface area contributed by atoms with E-state index in [9.17, 15) is 13.2 Å². The Morgan fingerprint density at radius 2 is 2.21 bits per heavy atom. The summed E-state index contributed by atoms with van der Waals surface area (Å²) in [6.45, 7) is 3.97. The molecule has 1 rings (SSSR count). The first kappa shape index (κ1) is 16.1. The molecule has 0 aromatic carbocycles. The van der Waals surface area contributed by atoms with E-state index < -0.39 is 16.1 Å². The van der Waals surface area contributed by atoms with Crippen LogP contribution < -0.4 is 10.0 Å². The summed E-state index contributed by atoms with van der Waals surface area (Å²) in [6.07, 6.45) is 2.62. The molecule has 0 spiro atoms. The minimum absolute atomic E-state index is 0.319. The minimum Gasteiger partial charge on any atom is -0.355 e. The van der Waals surface area contributed by atoms with Gasteiger partial charge >= 0.3 is 0 Å². The molecule has 19 heavy (non-hydrogen) atoms. The molecule has 1 heterocycles. The van der Waals surface area contributed by atoms with Gasteiger partial charge in [0, 0.05) is 24.0 Å². The van der Waals surface area contributed by atoms with Gasteiger partial charge < -0.3 is 5.32 Å². The third-order valence-electron chi connectivity index (χ3n) is 2.32. The Morgan fingerprint density at radius 1 is 1.53 bits per heavy atom. The van der Waals surface area contributed by atoms with Crippen molar-refractivity contribution < 1.29 is 13.2 Å². The Hall–Kier alpha value is -0.990. The van der Waals surface area contributed by atoms with E-state index in [1.807, 2.05) is 12.3 Å². The second-order valence-corrected chi connectivity index (χ2v) is 7.11. The largest absolute Gasteiger partial charge is 0.355 e. The van der Waals surface area contributed by atoms with Crippen LogP contribution in [0.25, 0.3) is 0 Å². The van der Waals surface area contributed by atoms with Crippen LogP contribution in [-0.2, 0) is 21.2 Å². The number of sulfonamides is 1. The molecule has 0 saturated heterocycles. The molecule has 8 heteroatoms. The summed E-state index contributed by atoms with van der Waals surface area (Å²) in [7, 11) is -3.36. The van der Waals surface area contributed by atoms with Crippen LogP contribution in [0.2, 0.25) is 0 Å². The Labute approximate surface area is 117 Å². The van der Waals surface area contributed by atoms with Gasteiger partial charge in [-0.3, -0.25) is 4.79 Å². The molecule has 0 aliphatic heterocycles. The van der Waals surface area contributed by atoms with Gasteiger partial charge in [-0.1, -0.05) is 0 Å². The highest BCUT2D eigenvalue weighted by atomic mass is 32.2. The number of aryl methyl sites for hydroxylation is 2. The van der Waals surface area contributed by atoms with Gasteiger partial charge in [-0.15, -0.1) is 11.3 Å². The fraction of sp³-hybridized carbons (Fsp3) is 0.636. The Morgan fingerprint density at radius 3 is 2.74 bits per heavy atom. The number of thiazole rings is 1. The number of hydrogen-bond donors (Lipinski definition) is 2. The third-order valence-corrected chi connectivity index (χ3v) is 4.13. The van der Waals surface area contributed by atoms with Gasteiger partial charge in [0.25, 0.3) is 0 Å². The lowest BCUT2D eigenvalue weighted by molar-refractivity contribution is -0.122. The van der Waals surface area contributed by atoms with Crippen LogP contribution >= 0.6 is 11.3 Å². The maximum atomic E-state index is 11.6. The van der Waals surface area contributed by atoms with Gasteiger partial charge in [0.05, 0.1) is 17.3 Å². The summed E-state index contributed by atoms with van der Waals surface area (Å²) in [6, 6.07) is -0.753. The van der Waals surface area contributed by atoms with E-state index in [1.54, 1.807) is 11.3 Å². The zero-order valence-electron chi connectivity index (χ0n) is 11.3. The van der Waals surface area contributed by atoms with Crippen LogP contribution in [0.5, 0.6) is 0 Å². The van der Waals surface area contributed by atoms with E-state index in [-0.39, 0.29) is 5.91 Å². The number of nitrogens with zero attached hydrogens (tertiary/aromatic N) is 1. The molecule has 0 aliphatic carbocycles. The number of hydrogen-bond acceptors (Lipinski definition) is 5. The monoisotopic (exact) mass is 305 g/mol. The molecule has 108 valence electrons. The van der Waals surface area contributed by atoms with Gasteiger partial charge in [-0.2, -0.15) is 0 Å². The molecule has 0 saturated carbocycles. The number of aromatic nitrogens is 1. The zero-order valence-corrected chi connectivity index (χ0v) is 12.9. The molecule has 0 radical (unpaired) electrons. The maximum Gasteiger partial charge on any atom is 0.237 e. The summed E-state index contributed by atoms with van der Waals surface area (Å²) in [5.74, 6) is -0.319. The quantitative estimate of drug-likeness (QED) is 0.715. The van der Waals surface area contributed by atoms with Crippen LogP contribution in [0.15, 0.2) is 5.38 Å². The van der Waals surface area contributed by atoms with E-state index in [0.717, 1.165) is 29.8 Å². The first-order valence-corrected chi connectivity index (χ1v) is 8.71. The Bertz CT molecular complexity index is 525. The number of amides is 1. The first-order chi connectivity index (χ1) is 8.78. The zero-order chi connectivity index (χ0) is 14.5. The fourth-order valence-corrected chi connectivity index (χ4v) is 3.06. The van der Waals surface area contributed by atoms with E-state index in [2.05, 4.69) is 15.0 Å². The average Bonchev–Trinajstić information content (AvgIpc) is 2.68. The molecule has 1 amide bonds. The van der Waals surface area contributed by atoms with Gasteiger partial charge in [0.1, 0.15) is 0 Å². The van der Waals surface area contributed by atoms with E-state index in [1.165, 1.54) is 6.92 Å². The number of carbonyl (C=O) groups is 1. The minimum atomic E-state index is -3.36. The smallest absolute Gasteiger partial charge is 0.237 e. The van der Waals surface area contributed by atoms with Crippen molar-refractivity contribution in [3.05, 3.63) is 16.1 Å². The van der Waals surface area contributed by atoms with Crippen LogP contribution in [0, 0.1) is 6.92 Å². The number of nitrogens with one attached hydrogen (secondary N) is 2. The van der Waals surface area contributed by atoms with Gasteiger partial charge in [0.15, 0.2) is 0 Å². The van der Waals surface area contributed by atoms with Crippen LogP contribution in [0.4, 0.5) is 0 Å². The van der Waals surface area contributed by atoms with Crippen LogP contribution in [0.3, 0.4) is 0 Å². The Kier molecular flexibility index (Phi) is 5.89. The second kappa shape index (κ2) is 6.97. The lowest BCUT2D eigenvalue weighted by Gasteiger charge is -2.12. The summed E-state index contributed by atoms with van der Waals surface area (Å²) < 4.78 is 24.2. The molecule has 0 aliphatic rings. The predicted octanol–water partition coefficient (Wildman–Crippen LogP) is 0.438. The van der Waals surface area contributed by atoms with Crippen molar-refractivity contribution in [2.45, 2.75) is 32.7 Å². The number of rotatable bonds is 7. The standard InChI is InChI=1S/C11H19N3O3S2/c1-8-7-18-10(13-8)5-4-6-12-11(15)9(2)14-19(3,16)17/h7,9,14H,4-6H2,1-3H3,(H,12,15)/t9-/m1/s1. The highest BCUT2D eigenvalue weighted by Gasteiger charge is 2.16. The van der Waals surface area contributed by atoms with Gasteiger partial charge in [-0.25, -0.2) is 18.1 Å². The second-order valence-electron chi connectivity index (χ2n) is 4.39. The molecule has 2 N–H and O–H groups in total. The van der Waals surface area contributed by atoms with E-state index in [0.29, 0.717) is 6.54 Å². The Balaban J connectivity index is 2.23. The fourth-order valence-electron chi connectivity index (χ4n) is 1.50. The molecule has 0 unspecified atom stereocenters. The lowest BCUT2D eigenvalue weighted by Crippen LogP contribution is -2.44. The van der Waals surface area contributed by atoms with Crippen LogP contribution in [0.1, 0.15) is 24.0 Å². The summed E-state index contributed by atoms with van der Waals surface area (Å²) in [5.41, 5.74) is 1.01. The molecule has 1 atom stereocenters. The van der Waals surface area contributed by atoms with Crippen molar-refractivity contribution in [2.24, 2.45) is 0 Å². The highest BCUT2D eigenvalue weighted by Crippen LogP contribution is 2.10. The highest BCUT2D eigenvalue weighted by molar-refractivity contribution is 7.88. The van der Waals surface area contributed by atoms with Crippen molar-refractivity contribution in [1.29, 1.82) is 0 Å². The van der Waals surface area contributed by atoms with E-state index >= 15 is 0 Å². The lowest BCUT2D eigenvalue weighted by atomic mass is 10.3. The van der Waals surface area contributed by atoms with E-state index in [4.69, 9.17) is 0 Å². The normalized spacial score (nSPS) is 13.2. The predicted molar refractivity (Wildman–Crippen MR) is 75.6 cm³/mol. The van der Waals surface area contributed by atoms with Crippen molar-refractivity contribution >= 4 is 27.3 Å². The molecule has 6 nitrogen and oxygen atoms in total. The van der Waals surface area contributed by atoms with Crippen LogP contribution in [-0.4, -0.2) is 38.2 Å². The first-order valence-electron chi connectivity index (χ1n) is 5.94. The maximum absolute atomic E-state index is 11.6. The number of carbonyl (C=O) groups excluding carboxylic acids is 1. The van der Waals surface area contributed by atoms with Crippen molar-refractivity contribution in [3.8, 4) is 0 Å². The molecular formula is C11H19N3O3S2. The molecule has 0 fully saturated rings. The topological polar surface area (TPSA) is 88.2 Å². The molecular weight excluding hydrogens is 286 g/mol. The average molecular weight is 305 g/mol. The van der Waals surface area contributed by atoms with Crippen molar-refractivity contribution in [3.63, 3.8) is 0 Å². The summed E-state index contributed by atoms with van der Waals surface area (Å²) in [4.78, 5) is 15.9. The van der Waals surface area contributed by atoms with Crippen molar-refractivity contribution in [2.75, 3.05) is 12.8 Å². The van der Waals surface area contributed by atoms with Crippen molar-refractivity contribution in [1.82, 2.24) is 15.0 Å². The summed E-state index contributed by atoms with van der Waals surface area (Å²) in [5, 5.41) is 5.74. The molecule has 1 aromatic heterocycles. The summed E-state index contributed by atoms with van der Waals surface area (Å²) >= 11 is 1.61. The third kappa shape index (κ3) is 6.65. The molecule has 1 aromatic rings.